The largest absolute Gasteiger partial charge is 0.460 e. The molecule has 6 rings (SSSR count). The second kappa shape index (κ2) is 25.8. The highest BCUT2D eigenvalue weighted by Crippen LogP contribution is 2.42. The van der Waals surface area contributed by atoms with Gasteiger partial charge in [0.25, 0.3) is 11.7 Å². The lowest BCUT2D eigenvalue weighted by atomic mass is 9.78. The van der Waals surface area contributed by atoms with Gasteiger partial charge in [0.1, 0.15) is 30.1 Å². The third kappa shape index (κ3) is 13.8. The number of amides is 1. The maximum atomic E-state index is 14.6. The van der Waals surface area contributed by atoms with Crippen molar-refractivity contribution in [3.05, 3.63) is 83.1 Å². The molecule has 14 heteroatoms. The molecule has 14 nitrogen and oxygen atoms in total. The number of piperidine rings is 1. The summed E-state index contributed by atoms with van der Waals surface area (Å²) in [7, 11) is 2.96. The van der Waals surface area contributed by atoms with Gasteiger partial charge in [0, 0.05) is 68.0 Å². The predicted octanol–water partition coefficient (Wildman–Crippen LogP) is 8.74. The van der Waals surface area contributed by atoms with Crippen LogP contribution in [0.4, 0.5) is 0 Å². The summed E-state index contributed by atoms with van der Waals surface area (Å²) >= 11 is 0. The van der Waals surface area contributed by atoms with E-state index in [-0.39, 0.29) is 60.7 Å². The first-order valence-corrected chi connectivity index (χ1v) is 26.9. The number of aromatic amines is 1. The van der Waals surface area contributed by atoms with Crippen molar-refractivity contribution in [1.29, 1.82) is 0 Å². The Morgan fingerprint density at radius 2 is 1.63 bits per heavy atom. The van der Waals surface area contributed by atoms with E-state index in [1.54, 1.807) is 34.0 Å². The molecule has 0 spiro atoms. The number of hydrogen-bond acceptors (Lipinski definition) is 12. The zero-order chi connectivity index (χ0) is 53.3. The van der Waals surface area contributed by atoms with Gasteiger partial charge in [0.15, 0.2) is 5.78 Å². The normalized spacial score (nSPS) is 37.4. The number of nitrogens with zero attached hydrogens (tertiary/aromatic N) is 1. The molecule has 1 saturated carbocycles. The van der Waals surface area contributed by atoms with Crippen LogP contribution in [0.25, 0.3) is 10.9 Å². The van der Waals surface area contributed by atoms with Crippen LogP contribution >= 0.6 is 0 Å². The van der Waals surface area contributed by atoms with Gasteiger partial charge in [-0.25, -0.2) is 4.79 Å². The summed E-state index contributed by atoms with van der Waals surface area (Å²) in [5.41, 5.74) is 4.51. The van der Waals surface area contributed by atoms with E-state index in [9.17, 15) is 39.3 Å². The quantitative estimate of drug-likeness (QED) is 0.122. The van der Waals surface area contributed by atoms with Crippen LogP contribution in [-0.2, 0) is 42.9 Å². The number of esters is 1. The fraction of sp³-hybridized carbons (Fsp3) is 0.644. The minimum Gasteiger partial charge on any atom is -0.460 e. The van der Waals surface area contributed by atoms with Gasteiger partial charge in [-0.15, -0.1) is 0 Å². The number of aliphatic hydroxyl groups is 3. The van der Waals surface area contributed by atoms with Crippen LogP contribution in [0, 0.1) is 42.4 Å². The molecule has 1 aromatic carbocycles. The second-order valence-corrected chi connectivity index (χ2v) is 22.2. The number of Topliss-reactive ketones (excluding diaryl/α,β-unsaturated/α-hetero) is 3. The smallest absolute Gasteiger partial charge is 0.329 e. The summed E-state index contributed by atoms with van der Waals surface area (Å²) in [6.07, 6.45) is 14.0. The Hall–Kier alpha value is -4.57. The number of aromatic nitrogens is 1. The number of ether oxygens (including phenoxy) is 4. The van der Waals surface area contributed by atoms with Crippen LogP contribution < -0.4 is 0 Å². The molecule has 0 unspecified atom stereocenters. The van der Waals surface area contributed by atoms with Crippen molar-refractivity contribution in [3.8, 4) is 0 Å². The van der Waals surface area contributed by atoms with E-state index in [4.69, 9.17) is 18.9 Å². The van der Waals surface area contributed by atoms with Gasteiger partial charge in [0.05, 0.1) is 18.3 Å². The van der Waals surface area contributed by atoms with E-state index < -0.39 is 77.8 Å². The molecule has 73 heavy (non-hydrogen) atoms. The Morgan fingerprint density at radius 1 is 0.877 bits per heavy atom. The number of carbonyl (C=O) groups is 5. The Labute approximate surface area is 433 Å². The highest BCUT2D eigenvalue weighted by molar-refractivity contribution is 6.39. The summed E-state index contributed by atoms with van der Waals surface area (Å²) in [6.45, 7) is 15.0. The van der Waals surface area contributed by atoms with Gasteiger partial charge in [-0.05, 0) is 126 Å². The number of hydrogen-bond donors (Lipinski definition) is 4. The summed E-state index contributed by atoms with van der Waals surface area (Å²) in [5.74, 6) is -8.24. The first kappa shape index (κ1) is 57.7. The monoisotopic (exact) mass is 1010 g/mol. The Balaban J connectivity index is 1.36. The van der Waals surface area contributed by atoms with Gasteiger partial charge >= 0.3 is 5.97 Å². The van der Waals surface area contributed by atoms with E-state index in [2.05, 4.69) is 17.1 Å². The molecule has 402 valence electrons. The molecule has 3 aliphatic heterocycles. The summed E-state index contributed by atoms with van der Waals surface area (Å²) in [5, 5.41) is 35.5. The number of benzene rings is 1. The lowest BCUT2D eigenvalue weighted by Crippen LogP contribution is -2.60. The number of allylic oxidation sites excluding steroid dienone is 7. The van der Waals surface area contributed by atoms with Gasteiger partial charge in [-0.1, -0.05) is 94.8 Å². The molecule has 4 N–H and O–H groups in total. The lowest BCUT2D eigenvalue weighted by Gasteiger charge is -2.43. The van der Waals surface area contributed by atoms with E-state index in [0.29, 0.717) is 63.4 Å². The average Bonchev–Trinajstić information content (AvgIpc) is 3.76. The van der Waals surface area contributed by atoms with Gasteiger partial charge < -0.3 is 44.2 Å². The number of rotatable bonds is 6. The first-order valence-electron chi connectivity index (χ1n) is 26.9. The van der Waals surface area contributed by atoms with Gasteiger partial charge in [-0.2, -0.15) is 0 Å². The minimum absolute atomic E-state index is 0.00519. The number of ketones is 3. The number of nitrogens with one attached hydrogen (secondary N) is 1. The number of fused-ring (bicyclic) bond motifs is 4. The summed E-state index contributed by atoms with van der Waals surface area (Å²) in [4.78, 5) is 76.5. The standard InChI is InChI=1S/C59H84N2O12/c1-34-17-12-11-13-18-35(2)46(45-20-16-19-44-40(7)33-60-52(44)45)31-43-24-22-41(8)59(69,73-43)56(66)57(67)61-26-15-14-21-47(61)58(68)72-50(37(4)29-42-23-25-48(62)51(30-42)70-9)32-49(63)36(3)28-39(6)54(65)55(71-10)53(64)38(5)27-34/h11-13,16-20,28,33-34,36-38,41-43,46-48,50-51,54-55,60,62,65,69H,14-15,21-27,29-32H2,1-10H3/b13-11+,17-12+,35-18+,39-28+/t34-,36-,37-,38-,41-,42+,43+,46+,47+,48-,50+,51-,54-,55+,59-/m1/s1. The molecule has 4 heterocycles. The Kier molecular flexibility index (Phi) is 20.4. The van der Waals surface area contributed by atoms with Crippen LogP contribution in [0.3, 0.4) is 0 Å². The molecular formula is C59H84N2O12. The number of para-hydroxylation sites is 1. The number of H-pyrrole nitrogens is 1. The molecule has 1 aliphatic carbocycles. The van der Waals surface area contributed by atoms with Crippen LogP contribution in [0.2, 0.25) is 0 Å². The SMILES string of the molecule is CO[C@@H]1C[C@H](C[C@@H](C)[C@@H]2CC(=O)[C@H](C)/C=C(\C)[C@@H](O)[C@@H](OC)C(=O)[C@H](C)C[C@H](C)/C=C/C=C/C=C(\C)[C@@H](c3cccc4c(C)c[nH]c34)C[C@@H]3CC[C@@H](C)[C@@](O)(O3)C(=O)C(=O)N3CCCC[C@H]3C(=O)O2)CC[C@H]1O. The highest BCUT2D eigenvalue weighted by Gasteiger charge is 2.53. The molecule has 3 fully saturated rings. The molecule has 0 radical (unpaired) electrons. The molecule has 2 bridgehead atoms. The third-order valence-electron chi connectivity index (χ3n) is 16.6. The predicted molar refractivity (Wildman–Crippen MR) is 280 cm³/mol. The number of methoxy groups -OCH3 is 2. The zero-order valence-electron chi connectivity index (χ0n) is 45.0. The van der Waals surface area contributed by atoms with Crippen LogP contribution in [-0.4, -0.2) is 124 Å². The fourth-order valence-electron chi connectivity index (χ4n) is 11.8. The maximum absolute atomic E-state index is 14.6. The molecule has 2 saturated heterocycles. The van der Waals surface area contributed by atoms with E-state index in [1.165, 1.54) is 12.0 Å². The van der Waals surface area contributed by atoms with Crippen LogP contribution in [0.1, 0.15) is 143 Å². The van der Waals surface area contributed by atoms with Crippen LogP contribution in [0.15, 0.2) is 72.0 Å². The third-order valence-corrected chi connectivity index (χ3v) is 16.6. The second-order valence-electron chi connectivity index (χ2n) is 22.2. The molecule has 1 amide bonds. The van der Waals surface area contributed by atoms with Crippen molar-refractivity contribution in [2.24, 2.45) is 35.5 Å². The van der Waals surface area contributed by atoms with E-state index in [1.807, 2.05) is 77.3 Å². The van der Waals surface area contributed by atoms with Crippen molar-refractivity contribution < 1.29 is 58.2 Å². The fourth-order valence-corrected chi connectivity index (χ4v) is 11.8. The number of aliphatic hydroxyl groups excluding tert-OH is 2. The van der Waals surface area contributed by atoms with E-state index in [0.717, 1.165) is 34.0 Å². The average molecular weight is 1010 g/mol. The minimum atomic E-state index is -2.45. The van der Waals surface area contributed by atoms with Crippen molar-refractivity contribution in [1.82, 2.24) is 9.88 Å². The summed E-state index contributed by atoms with van der Waals surface area (Å²) in [6, 6.07) is 5.01. The molecular weight excluding hydrogens is 929 g/mol. The molecule has 15 atom stereocenters. The Morgan fingerprint density at radius 3 is 2.36 bits per heavy atom. The van der Waals surface area contributed by atoms with Crippen molar-refractivity contribution in [2.75, 3.05) is 20.8 Å². The first-order chi connectivity index (χ1) is 34.7. The van der Waals surface area contributed by atoms with Gasteiger partial charge in [0.2, 0.25) is 5.79 Å². The molecule has 2 aromatic rings. The van der Waals surface area contributed by atoms with Crippen LogP contribution in [0.5, 0.6) is 0 Å². The lowest BCUT2D eigenvalue weighted by molar-refractivity contribution is -0.264. The van der Waals surface area contributed by atoms with Gasteiger partial charge in [-0.3, -0.25) is 19.2 Å². The van der Waals surface area contributed by atoms with Crippen molar-refractivity contribution in [2.45, 2.75) is 187 Å². The zero-order valence-corrected chi connectivity index (χ0v) is 45.0. The van der Waals surface area contributed by atoms with Crippen molar-refractivity contribution in [3.63, 3.8) is 0 Å². The number of carbonyl (C=O) groups excluding carboxylic acids is 5. The number of cyclic esters (lactones) is 1. The Bertz CT molecular complexity index is 2380. The highest BCUT2D eigenvalue weighted by atomic mass is 16.6. The number of aryl methyl sites for hydroxylation is 1. The summed E-state index contributed by atoms with van der Waals surface area (Å²) < 4.78 is 24.0. The van der Waals surface area contributed by atoms with E-state index >= 15 is 0 Å². The molecule has 4 aliphatic rings. The topological polar surface area (TPSA) is 202 Å². The molecule has 1 aromatic heterocycles. The maximum Gasteiger partial charge on any atom is 0.329 e. The van der Waals surface area contributed by atoms with Crippen molar-refractivity contribution >= 4 is 40.1 Å².